The molecule has 0 aliphatic carbocycles. The van der Waals surface area contributed by atoms with Crippen LogP contribution in [0.5, 0.6) is 0 Å². The summed E-state index contributed by atoms with van der Waals surface area (Å²) in [5.41, 5.74) is 4.53. The van der Waals surface area contributed by atoms with Gasteiger partial charge in [0, 0.05) is 44.3 Å². The maximum absolute atomic E-state index is 12.4. The third-order valence-corrected chi connectivity index (χ3v) is 5.02. The highest BCUT2D eigenvalue weighted by atomic mass is 16.2. The summed E-state index contributed by atoms with van der Waals surface area (Å²) in [7, 11) is 0. The van der Waals surface area contributed by atoms with Crippen molar-refractivity contribution in [1.29, 1.82) is 0 Å². The van der Waals surface area contributed by atoms with E-state index in [1.807, 2.05) is 35.0 Å². The average molecular weight is 341 g/mol. The van der Waals surface area contributed by atoms with E-state index in [2.05, 4.69) is 35.4 Å². The van der Waals surface area contributed by atoms with Gasteiger partial charge >= 0.3 is 6.03 Å². The van der Waals surface area contributed by atoms with E-state index in [4.69, 9.17) is 0 Å². The molecule has 134 valence electrons. The van der Waals surface area contributed by atoms with Gasteiger partial charge in [-0.1, -0.05) is 0 Å². The predicted molar refractivity (Wildman–Crippen MR) is 97.4 cm³/mol. The second kappa shape index (κ2) is 7.68. The Morgan fingerprint density at radius 2 is 2.04 bits per heavy atom. The van der Waals surface area contributed by atoms with Gasteiger partial charge in [0.2, 0.25) is 0 Å². The molecule has 6 heteroatoms. The minimum atomic E-state index is 0.0164. The van der Waals surface area contributed by atoms with Crippen LogP contribution in [0.15, 0.2) is 24.7 Å². The molecule has 0 bridgehead atoms. The molecule has 1 fully saturated rings. The number of amides is 2. The van der Waals surface area contributed by atoms with Gasteiger partial charge in [-0.05, 0) is 62.3 Å². The van der Waals surface area contributed by atoms with Gasteiger partial charge in [0.05, 0.1) is 6.20 Å². The molecule has 0 saturated carbocycles. The number of aryl methyl sites for hydroxylation is 3. The molecule has 0 atom stereocenters. The number of nitrogens with one attached hydrogen (secondary N) is 1. The van der Waals surface area contributed by atoms with Crippen molar-refractivity contribution < 1.29 is 4.79 Å². The second-order valence-electron chi connectivity index (χ2n) is 6.80. The number of urea groups is 1. The van der Waals surface area contributed by atoms with Crippen LogP contribution >= 0.6 is 0 Å². The van der Waals surface area contributed by atoms with Crippen molar-refractivity contribution in [3.63, 3.8) is 0 Å². The standard InChI is InChI=1S/C19H27N5O/c1-4-24-13-18(12-22-24)16-5-7-23(8-6-16)19(25)21-11-17-10-20-15(3)9-14(17)2/h9-10,12-13,16H,4-8,11H2,1-3H3,(H,21,25). The molecule has 1 N–H and O–H groups in total. The monoisotopic (exact) mass is 341 g/mol. The number of pyridine rings is 1. The van der Waals surface area contributed by atoms with Crippen LogP contribution in [0.3, 0.4) is 0 Å². The molecule has 0 spiro atoms. The minimum absolute atomic E-state index is 0.0164. The van der Waals surface area contributed by atoms with Gasteiger partial charge in [0.15, 0.2) is 0 Å². The Labute approximate surface area is 149 Å². The third-order valence-electron chi connectivity index (χ3n) is 5.02. The molecule has 2 amide bonds. The van der Waals surface area contributed by atoms with Gasteiger partial charge in [-0.2, -0.15) is 5.10 Å². The molecule has 0 unspecified atom stereocenters. The first-order valence-electron chi connectivity index (χ1n) is 9.04. The quantitative estimate of drug-likeness (QED) is 0.930. The first-order chi connectivity index (χ1) is 12.1. The van der Waals surface area contributed by atoms with E-state index in [-0.39, 0.29) is 6.03 Å². The van der Waals surface area contributed by atoms with E-state index < -0.39 is 0 Å². The average Bonchev–Trinajstić information content (AvgIpc) is 3.10. The van der Waals surface area contributed by atoms with Crippen LogP contribution in [-0.2, 0) is 13.1 Å². The van der Waals surface area contributed by atoms with E-state index >= 15 is 0 Å². The fraction of sp³-hybridized carbons (Fsp3) is 0.526. The maximum Gasteiger partial charge on any atom is 0.317 e. The Bertz CT molecular complexity index is 731. The van der Waals surface area contributed by atoms with Crippen molar-refractivity contribution in [3.05, 3.63) is 47.0 Å². The largest absolute Gasteiger partial charge is 0.334 e. The Balaban J connectivity index is 1.49. The molecule has 2 aromatic heterocycles. The lowest BCUT2D eigenvalue weighted by atomic mass is 9.92. The van der Waals surface area contributed by atoms with Crippen LogP contribution in [-0.4, -0.2) is 38.8 Å². The van der Waals surface area contributed by atoms with Crippen molar-refractivity contribution in [2.45, 2.75) is 52.6 Å². The van der Waals surface area contributed by atoms with Crippen molar-refractivity contribution in [2.24, 2.45) is 0 Å². The third kappa shape index (κ3) is 4.18. The molecule has 25 heavy (non-hydrogen) atoms. The Morgan fingerprint density at radius 1 is 1.28 bits per heavy atom. The van der Waals surface area contributed by atoms with Crippen molar-refractivity contribution in [1.82, 2.24) is 25.0 Å². The summed E-state index contributed by atoms with van der Waals surface area (Å²) in [5, 5.41) is 7.39. The van der Waals surface area contributed by atoms with Crippen LogP contribution in [0, 0.1) is 13.8 Å². The lowest BCUT2D eigenvalue weighted by molar-refractivity contribution is 0.181. The number of carbonyl (C=O) groups is 1. The zero-order valence-corrected chi connectivity index (χ0v) is 15.3. The highest BCUT2D eigenvalue weighted by molar-refractivity contribution is 5.74. The molecule has 1 aliphatic rings. The molecule has 3 heterocycles. The number of aromatic nitrogens is 3. The normalized spacial score (nSPS) is 15.4. The van der Waals surface area contributed by atoms with Crippen LogP contribution in [0.2, 0.25) is 0 Å². The summed E-state index contributed by atoms with van der Waals surface area (Å²) in [4.78, 5) is 18.6. The lowest BCUT2D eigenvalue weighted by Crippen LogP contribution is -2.43. The molecule has 0 radical (unpaired) electrons. The van der Waals surface area contributed by atoms with Crippen LogP contribution in [0.25, 0.3) is 0 Å². The molecular weight excluding hydrogens is 314 g/mol. The SMILES string of the molecule is CCn1cc(C2CCN(C(=O)NCc3cnc(C)cc3C)CC2)cn1. The minimum Gasteiger partial charge on any atom is -0.334 e. The van der Waals surface area contributed by atoms with Crippen LogP contribution in [0.4, 0.5) is 4.79 Å². The Kier molecular flexibility index (Phi) is 5.36. The molecule has 0 aromatic carbocycles. The number of hydrogen-bond donors (Lipinski definition) is 1. The van der Waals surface area contributed by atoms with Gasteiger partial charge < -0.3 is 10.2 Å². The smallest absolute Gasteiger partial charge is 0.317 e. The number of piperidine rings is 1. The maximum atomic E-state index is 12.4. The van der Waals surface area contributed by atoms with Gasteiger partial charge in [0.25, 0.3) is 0 Å². The first-order valence-corrected chi connectivity index (χ1v) is 9.04. The van der Waals surface area contributed by atoms with Crippen molar-refractivity contribution in [2.75, 3.05) is 13.1 Å². The number of hydrogen-bond acceptors (Lipinski definition) is 3. The number of carbonyl (C=O) groups excluding carboxylic acids is 1. The van der Waals surface area contributed by atoms with E-state index in [1.165, 1.54) is 11.1 Å². The summed E-state index contributed by atoms with van der Waals surface area (Å²) < 4.78 is 1.96. The zero-order chi connectivity index (χ0) is 17.8. The molecule has 3 rings (SSSR count). The van der Waals surface area contributed by atoms with E-state index in [1.54, 1.807) is 0 Å². The van der Waals surface area contributed by atoms with Gasteiger partial charge in [-0.3, -0.25) is 9.67 Å². The summed E-state index contributed by atoms with van der Waals surface area (Å²) in [5.74, 6) is 0.507. The number of likely N-dealkylation sites (tertiary alicyclic amines) is 1. The van der Waals surface area contributed by atoms with Gasteiger partial charge in [0.1, 0.15) is 0 Å². The van der Waals surface area contributed by atoms with Gasteiger partial charge in [-0.15, -0.1) is 0 Å². The Hall–Kier alpha value is -2.37. The molecule has 2 aromatic rings. The Morgan fingerprint density at radius 3 is 2.68 bits per heavy atom. The fourth-order valence-electron chi connectivity index (χ4n) is 3.37. The number of rotatable bonds is 4. The van der Waals surface area contributed by atoms with Gasteiger partial charge in [-0.25, -0.2) is 4.79 Å². The highest BCUT2D eigenvalue weighted by Gasteiger charge is 2.24. The van der Waals surface area contributed by atoms with Crippen molar-refractivity contribution >= 4 is 6.03 Å². The topological polar surface area (TPSA) is 63.1 Å². The summed E-state index contributed by atoms with van der Waals surface area (Å²) in [6, 6.07) is 2.06. The van der Waals surface area contributed by atoms with E-state index in [0.29, 0.717) is 12.5 Å². The lowest BCUT2D eigenvalue weighted by Gasteiger charge is -2.31. The first kappa shape index (κ1) is 17.5. The molecular formula is C19H27N5O. The predicted octanol–water partition coefficient (Wildman–Crippen LogP) is 3.00. The van der Waals surface area contributed by atoms with Crippen LogP contribution < -0.4 is 5.32 Å². The van der Waals surface area contributed by atoms with Crippen molar-refractivity contribution in [3.8, 4) is 0 Å². The zero-order valence-electron chi connectivity index (χ0n) is 15.3. The molecule has 6 nitrogen and oxygen atoms in total. The summed E-state index contributed by atoms with van der Waals surface area (Å²) in [6.45, 7) is 9.13. The highest BCUT2D eigenvalue weighted by Crippen LogP contribution is 2.27. The molecule has 1 saturated heterocycles. The second-order valence-corrected chi connectivity index (χ2v) is 6.80. The number of nitrogens with zero attached hydrogens (tertiary/aromatic N) is 4. The summed E-state index contributed by atoms with van der Waals surface area (Å²) >= 11 is 0. The van der Waals surface area contributed by atoms with Crippen LogP contribution in [0.1, 0.15) is 48.1 Å². The molecule has 1 aliphatic heterocycles. The van der Waals surface area contributed by atoms with E-state index in [0.717, 1.165) is 43.7 Å². The van der Waals surface area contributed by atoms with E-state index in [9.17, 15) is 4.79 Å². The fourth-order valence-corrected chi connectivity index (χ4v) is 3.37. The summed E-state index contributed by atoms with van der Waals surface area (Å²) in [6.07, 6.45) is 7.94.